The molecule has 3 heterocycles. The van der Waals surface area contributed by atoms with Crippen molar-refractivity contribution in [1.29, 1.82) is 0 Å². The Morgan fingerprint density at radius 3 is 2.55 bits per heavy atom. The van der Waals surface area contributed by atoms with Gasteiger partial charge >= 0.3 is 6.03 Å². The summed E-state index contributed by atoms with van der Waals surface area (Å²) in [6.45, 7) is 6.38. The van der Waals surface area contributed by atoms with Gasteiger partial charge in [0.1, 0.15) is 12.1 Å². The number of fused-ring (bicyclic) bond motifs is 1. The van der Waals surface area contributed by atoms with Crippen LogP contribution in [0.3, 0.4) is 0 Å². The Kier molecular flexibility index (Phi) is 4.45. The van der Waals surface area contributed by atoms with Crippen molar-refractivity contribution in [2.24, 2.45) is 0 Å². The van der Waals surface area contributed by atoms with Gasteiger partial charge in [0.2, 0.25) is 0 Å². The average Bonchev–Trinajstić information content (AvgIpc) is 3.00. The van der Waals surface area contributed by atoms with Gasteiger partial charge in [0.25, 0.3) is 0 Å². The highest BCUT2D eigenvalue weighted by molar-refractivity contribution is 5.75. The predicted molar refractivity (Wildman–Crippen MR) is 86.2 cm³/mol. The second kappa shape index (κ2) is 6.50. The van der Waals surface area contributed by atoms with Crippen molar-refractivity contribution >= 4 is 11.8 Å². The third-order valence-electron chi connectivity index (χ3n) is 4.75. The molecule has 0 atom stereocenters. The summed E-state index contributed by atoms with van der Waals surface area (Å²) in [6, 6.07) is 0.198. The Labute approximate surface area is 132 Å². The molecule has 0 spiro atoms. The Balaban J connectivity index is 1.76. The quantitative estimate of drug-likeness (QED) is 0.832. The van der Waals surface area contributed by atoms with Crippen molar-refractivity contribution in [3.63, 3.8) is 0 Å². The summed E-state index contributed by atoms with van der Waals surface area (Å²) in [6.07, 6.45) is 5.59. The fourth-order valence-electron chi connectivity index (χ4n) is 3.29. The molecule has 2 amide bonds. The van der Waals surface area contributed by atoms with Crippen LogP contribution in [-0.4, -0.2) is 65.6 Å². The van der Waals surface area contributed by atoms with Crippen molar-refractivity contribution in [2.75, 3.05) is 44.7 Å². The highest BCUT2D eigenvalue weighted by atomic mass is 16.2. The van der Waals surface area contributed by atoms with E-state index in [1.165, 1.54) is 5.56 Å². The van der Waals surface area contributed by atoms with Crippen molar-refractivity contribution in [1.82, 2.24) is 19.8 Å². The van der Waals surface area contributed by atoms with Gasteiger partial charge in [-0.05, 0) is 26.2 Å². The second-order valence-corrected chi connectivity index (χ2v) is 6.10. The molecule has 0 aromatic carbocycles. The van der Waals surface area contributed by atoms with Gasteiger partial charge < -0.3 is 14.7 Å². The first-order valence-corrected chi connectivity index (χ1v) is 8.28. The van der Waals surface area contributed by atoms with Gasteiger partial charge in [-0.25, -0.2) is 14.8 Å². The lowest BCUT2D eigenvalue weighted by atomic mass is 10.1. The summed E-state index contributed by atoms with van der Waals surface area (Å²) in [4.78, 5) is 27.6. The lowest BCUT2D eigenvalue weighted by molar-refractivity contribution is 0.164. The Hall–Kier alpha value is -1.85. The van der Waals surface area contributed by atoms with E-state index in [4.69, 9.17) is 0 Å². The Morgan fingerprint density at radius 2 is 1.82 bits per heavy atom. The maximum absolute atomic E-state index is 12.6. The molecule has 0 unspecified atom stereocenters. The van der Waals surface area contributed by atoms with Crippen LogP contribution in [0.1, 0.15) is 31.0 Å². The number of nitrogens with zero attached hydrogens (tertiary/aromatic N) is 5. The molecule has 3 rings (SSSR count). The maximum atomic E-state index is 12.6. The van der Waals surface area contributed by atoms with E-state index in [1.807, 2.05) is 9.80 Å². The smallest absolute Gasteiger partial charge is 0.320 e. The zero-order valence-corrected chi connectivity index (χ0v) is 13.6. The van der Waals surface area contributed by atoms with Crippen molar-refractivity contribution < 1.29 is 4.79 Å². The van der Waals surface area contributed by atoms with Crippen LogP contribution in [0.4, 0.5) is 10.6 Å². The third-order valence-corrected chi connectivity index (χ3v) is 4.75. The fourth-order valence-corrected chi connectivity index (χ4v) is 3.29. The molecule has 1 fully saturated rings. The Bertz CT molecular complexity index is 541. The molecule has 0 bridgehead atoms. The van der Waals surface area contributed by atoms with E-state index in [1.54, 1.807) is 6.33 Å². The minimum Gasteiger partial charge on any atom is -0.360 e. The normalized spacial score (nSPS) is 18.1. The lowest BCUT2D eigenvalue weighted by Gasteiger charge is -2.26. The largest absolute Gasteiger partial charge is 0.360 e. The van der Waals surface area contributed by atoms with E-state index in [0.717, 1.165) is 69.9 Å². The van der Waals surface area contributed by atoms with Crippen molar-refractivity contribution in [3.8, 4) is 0 Å². The molecule has 0 radical (unpaired) electrons. The third kappa shape index (κ3) is 2.87. The number of hydrogen-bond donors (Lipinski definition) is 0. The number of rotatable bonds is 2. The van der Waals surface area contributed by atoms with E-state index in [-0.39, 0.29) is 6.03 Å². The molecule has 0 N–H and O–H groups in total. The summed E-state index contributed by atoms with van der Waals surface area (Å²) in [5.41, 5.74) is 2.31. The van der Waals surface area contributed by atoms with Crippen LogP contribution in [0.15, 0.2) is 6.33 Å². The number of amides is 2. The molecule has 6 nitrogen and oxygen atoms in total. The fraction of sp³-hybridized carbons (Fsp3) is 0.688. The van der Waals surface area contributed by atoms with Crippen LogP contribution in [0, 0.1) is 0 Å². The second-order valence-electron chi connectivity index (χ2n) is 6.10. The number of likely N-dealkylation sites (tertiary alicyclic amines) is 1. The number of aromatic nitrogens is 2. The SMILES string of the molecule is CCN(C)c1ncnc2c1CCN(C(=O)N1CCCC1)CC2. The molecule has 22 heavy (non-hydrogen) atoms. The van der Waals surface area contributed by atoms with Crippen LogP contribution < -0.4 is 4.90 Å². The topological polar surface area (TPSA) is 52.6 Å². The first kappa shape index (κ1) is 15.1. The minimum absolute atomic E-state index is 0.198. The monoisotopic (exact) mass is 303 g/mol. The molecule has 0 saturated carbocycles. The van der Waals surface area contributed by atoms with Gasteiger partial charge in [-0.2, -0.15) is 0 Å². The van der Waals surface area contributed by atoms with E-state index in [9.17, 15) is 4.79 Å². The van der Waals surface area contributed by atoms with Gasteiger partial charge in [0.15, 0.2) is 0 Å². The summed E-state index contributed by atoms with van der Waals surface area (Å²) < 4.78 is 0. The zero-order valence-electron chi connectivity index (χ0n) is 13.6. The number of hydrogen-bond acceptors (Lipinski definition) is 4. The number of anilines is 1. The van der Waals surface area contributed by atoms with E-state index in [2.05, 4.69) is 28.8 Å². The van der Waals surface area contributed by atoms with Crippen LogP contribution in [0.5, 0.6) is 0 Å². The van der Waals surface area contributed by atoms with E-state index >= 15 is 0 Å². The van der Waals surface area contributed by atoms with Crippen LogP contribution in [0.25, 0.3) is 0 Å². The molecule has 1 aromatic heterocycles. The van der Waals surface area contributed by atoms with Gasteiger partial charge in [0.05, 0.1) is 5.69 Å². The standard InChI is InChI=1S/C16H25N5O/c1-3-19(2)15-13-6-10-21(11-7-14(13)17-12-18-15)16(22)20-8-4-5-9-20/h12H,3-11H2,1-2H3. The van der Waals surface area contributed by atoms with Crippen LogP contribution >= 0.6 is 0 Å². The highest BCUT2D eigenvalue weighted by Crippen LogP contribution is 2.23. The number of carbonyl (C=O) groups is 1. The van der Waals surface area contributed by atoms with Crippen LogP contribution in [-0.2, 0) is 12.8 Å². The lowest BCUT2D eigenvalue weighted by Crippen LogP contribution is -2.43. The molecule has 6 heteroatoms. The molecule has 1 aromatic rings. The summed E-state index contributed by atoms with van der Waals surface area (Å²) in [5, 5.41) is 0. The van der Waals surface area contributed by atoms with Gasteiger partial charge in [-0.15, -0.1) is 0 Å². The minimum atomic E-state index is 0.198. The first-order chi connectivity index (χ1) is 10.7. The van der Waals surface area contributed by atoms with Crippen molar-refractivity contribution in [3.05, 3.63) is 17.6 Å². The molecule has 1 saturated heterocycles. The number of urea groups is 1. The first-order valence-electron chi connectivity index (χ1n) is 8.28. The van der Waals surface area contributed by atoms with Gasteiger partial charge in [-0.3, -0.25) is 0 Å². The summed E-state index contributed by atoms with van der Waals surface area (Å²) in [5.74, 6) is 1.02. The summed E-state index contributed by atoms with van der Waals surface area (Å²) >= 11 is 0. The molecular weight excluding hydrogens is 278 g/mol. The summed E-state index contributed by atoms with van der Waals surface area (Å²) in [7, 11) is 2.06. The van der Waals surface area contributed by atoms with E-state index in [0.29, 0.717) is 0 Å². The van der Waals surface area contributed by atoms with Gasteiger partial charge in [-0.1, -0.05) is 0 Å². The van der Waals surface area contributed by atoms with Crippen molar-refractivity contribution in [2.45, 2.75) is 32.6 Å². The molecule has 0 aliphatic carbocycles. The molecule has 120 valence electrons. The Morgan fingerprint density at radius 1 is 1.14 bits per heavy atom. The average molecular weight is 303 g/mol. The van der Waals surface area contributed by atoms with E-state index < -0.39 is 0 Å². The maximum Gasteiger partial charge on any atom is 0.320 e. The molecular formula is C16H25N5O. The van der Waals surface area contributed by atoms with Gasteiger partial charge in [0, 0.05) is 51.8 Å². The molecule has 2 aliphatic heterocycles. The predicted octanol–water partition coefficient (Wildman–Crippen LogP) is 1.55. The highest BCUT2D eigenvalue weighted by Gasteiger charge is 2.27. The number of carbonyl (C=O) groups excluding carboxylic acids is 1. The molecule has 2 aliphatic rings. The zero-order chi connectivity index (χ0) is 15.5. The van der Waals surface area contributed by atoms with Crippen LogP contribution in [0.2, 0.25) is 0 Å².